The van der Waals surface area contributed by atoms with Crippen molar-refractivity contribution in [2.75, 3.05) is 25.0 Å². The van der Waals surface area contributed by atoms with Crippen LogP contribution in [0.3, 0.4) is 0 Å². The molecule has 0 amide bonds. The normalized spacial score (nSPS) is 12.7. The number of halogens is 1. The number of hydrogen-bond donors (Lipinski definition) is 1. The average Bonchev–Trinajstić information content (AvgIpc) is 2.37. The van der Waals surface area contributed by atoms with Crippen molar-refractivity contribution in [2.45, 2.75) is 39.7 Å². The van der Waals surface area contributed by atoms with Crippen LogP contribution in [0.15, 0.2) is 17.0 Å². The zero-order valence-electron chi connectivity index (χ0n) is 11.5. The third kappa shape index (κ3) is 5.31. The molecular formula is C13H23BrN4. The van der Waals surface area contributed by atoms with Gasteiger partial charge in [-0.15, -0.1) is 0 Å². The average molecular weight is 315 g/mol. The highest BCUT2D eigenvalue weighted by atomic mass is 79.9. The molecule has 0 aliphatic rings. The van der Waals surface area contributed by atoms with Crippen molar-refractivity contribution in [3.8, 4) is 0 Å². The maximum Gasteiger partial charge on any atom is 0.143 e. The third-order valence-corrected chi connectivity index (χ3v) is 3.64. The van der Waals surface area contributed by atoms with Gasteiger partial charge in [-0.05, 0) is 55.3 Å². The molecule has 1 atom stereocenters. The van der Waals surface area contributed by atoms with Crippen molar-refractivity contribution in [2.24, 2.45) is 0 Å². The Morgan fingerprint density at radius 2 is 2.11 bits per heavy atom. The number of hydrogen-bond acceptors (Lipinski definition) is 4. The topological polar surface area (TPSA) is 41.0 Å². The van der Waals surface area contributed by atoms with Crippen LogP contribution < -0.4 is 5.32 Å². The lowest BCUT2D eigenvalue weighted by atomic mass is 10.1. The largest absolute Gasteiger partial charge is 0.367 e. The van der Waals surface area contributed by atoms with Gasteiger partial charge in [0.25, 0.3) is 0 Å². The van der Waals surface area contributed by atoms with E-state index in [0.717, 1.165) is 29.8 Å². The first kappa shape index (κ1) is 15.4. The summed E-state index contributed by atoms with van der Waals surface area (Å²) in [6, 6.07) is 0.423. The quantitative estimate of drug-likeness (QED) is 0.800. The molecule has 4 nitrogen and oxygen atoms in total. The number of aromatic nitrogens is 2. The molecule has 1 aromatic heterocycles. The van der Waals surface area contributed by atoms with Crippen molar-refractivity contribution in [1.29, 1.82) is 0 Å². The van der Waals surface area contributed by atoms with E-state index in [1.54, 1.807) is 12.5 Å². The van der Waals surface area contributed by atoms with Gasteiger partial charge < -0.3 is 10.2 Å². The first-order chi connectivity index (χ1) is 8.67. The van der Waals surface area contributed by atoms with Gasteiger partial charge in [-0.25, -0.2) is 9.97 Å². The molecule has 0 saturated carbocycles. The minimum Gasteiger partial charge on any atom is -0.367 e. The van der Waals surface area contributed by atoms with Crippen LogP contribution in [-0.2, 0) is 0 Å². The Balaban J connectivity index is 2.30. The summed E-state index contributed by atoms with van der Waals surface area (Å²) < 4.78 is 0.917. The highest BCUT2D eigenvalue weighted by molar-refractivity contribution is 9.10. The first-order valence-electron chi connectivity index (χ1n) is 6.61. The Hall–Kier alpha value is -0.680. The third-order valence-electron chi connectivity index (χ3n) is 3.06. The van der Waals surface area contributed by atoms with Crippen LogP contribution in [0.1, 0.15) is 33.6 Å². The van der Waals surface area contributed by atoms with E-state index in [0.29, 0.717) is 6.04 Å². The molecule has 0 saturated heterocycles. The maximum atomic E-state index is 4.21. The molecule has 1 N–H and O–H groups in total. The summed E-state index contributed by atoms with van der Waals surface area (Å²) in [5.41, 5.74) is 0. The summed E-state index contributed by atoms with van der Waals surface area (Å²) in [6.45, 7) is 10.1. The number of anilines is 1. The highest BCUT2D eigenvalue weighted by Crippen LogP contribution is 2.18. The van der Waals surface area contributed by atoms with E-state index in [1.165, 1.54) is 13.0 Å². The lowest BCUT2D eigenvalue weighted by molar-refractivity contribution is 0.295. The predicted octanol–water partition coefficient (Wildman–Crippen LogP) is 3.16. The van der Waals surface area contributed by atoms with Crippen molar-refractivity contribution in [1.82, 2.24) is 14.9 Å². The summed E-state index contributed by atoms with van der Waals surface area (Å²) in [4.78, 5) is 10.6. The van der Waals surface area contributed by atoms with Crippen molar-refractivity contribution >= 4 is 21.7 Å². The van der Waals surface area contributed by atoms with Crippen LogP contribution in [0.25, 0.3) is 0 Å². The molecule has 5 heteroatoms. The van der Waals surface area contributed by atoms with E-state index in [1.807, 2.05) is 0 Å². The molecule has 0 aliphatic heterocycles. The number of nitrogens with zero attached hydrogens (tertiary/aromatic N) is 3. The molecule has 1 aromatic rings. The van der Waals surface area contributed by atoms with Crippen LogP contribution in [0.4, 0.5) is 5.82 Å². The van der Waals surface area contributed by atoms with Gasteiger partial charge >= 0.3 is 0 Å². The summed E-state index contributed by atoms with van der Waals surface area (Å²) in [7, 11) is 0. The Bertz CT molecular complexity index is 342. The van der Waals surface area contributed by atoms with Gasteiger partial charge in [0.05, 0.1) is 4.47 Å². The lowest BCUT2D eigenvalue weighted by Gasteiger charge is -2.20. The molecule has 0 radical (unpaired) electrons. The van der Waals surface area contributed by atoms with Gasteiger partial charge in [0.1, 0.15) is 12.1 Å². The van der Waals surface area contributed by atoms with Gasteiger partial charge in [-0.3, -0.25) is 0 Å². The predicted molar refractivity (Wildman–Crippen MR) is 79.8 cm³/mol. The van der Waals surface area contributed by atoms with E-state index in [9.17, 15) is 0 Å². The molecule has 102 valence electrons. The van der Waals surface area contributed by atoms with Crippen LogP contribution in [0.5, 0.6) is 0 Å². The minimum atomic E-state index is 0.423. The van der Waals surface area contributed by atoms with Crippen LogP contribution in [-0.4, -0.2) is 40.5 Å². The zero-order valence-corrected chi connectivity index (χ0v) is 13.1. The van der Waals surface area contributed by atoms with E-state index in [4.69, 9.17) is 0 Å². The Labute approximate surface area is 118 Å². The van der Waals surface area contributed by atoms with Crippen molar-refractivity contribution in [3.63, 3.8) is 0 Å². The maximum absolute atomic E-state index is 4.21. The SMILES string of the molecule is CCN(CC)CCCC(C)Nc1ncncc1Br. The summed E-state index contributed by atoms with van der Waals surface area (Å²) in [5, 5.41) is 3.40. The molecule has 0 aliphatic carbocycles. The monoisotopic (exact) mass is 314 g/mol. The molecule has 18 heavy (non-hydrogen) atoms. The fourth-order valence-corrected chi connectivity index (χ4v) is 2.22. The fourth-order valence-electron chi connectivity index (χ4n) is 1.89. The highest BCUT2D eigenvalue weighted by Gasteiger charge is 2.07. The smallest absolute Gasteiger partial charge is 0.143 e. The number of rotatable bonds is 8. The fraction of sp³-hybridized carbons (Fsp3) is 0.692. The molecule has 1 unspecified atom stereocenters. The Kier molecular flexibility index (Phi) is 7.20. The first-order valence-corrected chi connectivity index (χ1v) is 7.41. The summed E-state index contributed by atoms with van der Waals surface area (Å²) >= 11 is 3.44. The summed E-state index contributed by atoms with van der Waals surface area (Å²) in [5.74, 6) is 0.875. The molecule has 0 spiro atoms. The van der Waals surface area contributed by atoms with Crippen LogP contribution >= 0.6 is 15.9 Å². The van der Waals surface area contributed by atoms with E-state index < -0.39 is 0 Å². The molecule has 0 bridgehead atoms. The molecule has 1 heterocycles. The molecule has 0 aromatic carbocycles. The molecule has 0 fully saturated rings. The second kappa shape index (κ2) is 8.43. The van der Waals surface area contributed by atoms with Crippen LogP contribution in [0, 0.1) is 0 Å². The zero-order chi connectivity index (χ0) is 13.4. The lowest BCUT2D eigenvalue weighted by Crippen LogP contribution is -2.25. The Morgan fingerprint density at radius 3 is 2.72 bits per heavy atom. The van der Waals surface area contributed by atoms with Gasteiger partial charge in [0.15, 0.2) is 0 Å². The second-order valence-electron chi connectivity index (χ2n) is 4.43. The molecule has 1 rings (SSSR count). The standard InChI is InChI=1S/C13H23BrN4/c1-4-18(5-2)8-6-7-11(3)17-13-12(14)9-15-10-16-13/h9-11H,4-8H2,1-3H3,(H,15,16,17). The van der Waals surface area contributed by atoms with Crippen LogP contribution in [0.2, 0.25) is 0 Å². The van der Waals surface area contributed by atoms with Crippen molar-refractivity contribution < 1.29 is 0 Å². The number of nitrogens with one attached hydrogen (secondary N) is 1. The van der Waals surface area contributed by atoms with Gasteiger partial charge in [-0.1, -0.05) is 13.8 Å². The van der Waals surface area contributed by atoms with E-state index in [2.05, 4.69) is 56.9 Å². The molecular weight excluding hydrogens is 292 g/mol. The summed E-state index contributed by atoms with van der Waals surface area (Å²) in [6.07, 6.45) is 5.68. The van der Waals surface area contributed by atoms with Gasteiger partial charge in [0, 0.05) is 12.2 Å². The van der Waals surface area contributed by atoms with Crippen molar-refractivity contribution in [3.05, 3.63) is 17.0 Å². The van der Waals surface area contributed by atoms with Gasteiger partial charge in [0.2, 0.25) is 0 Å². The minimum absolute atomic E-state index is 0.423. The Morgan fingerprint density at radius 1 is 1.39 bits per heavy atom. The second-order valence-corrected chi connectivity index (χ2v) is 5.29. The van der Waals surface area contributed by atoms with E-state index >= 15 is 0 Å². The van der Waals surface area contributed by atoms with E-state index in [-0.39, 0.29) is 0 Å². The van der Waals surface area contributed by atoms with Gasteiger partial charge in [-0.2, -0.15) is 0 Å².